The molecule has 0 aliphatic carbocycles. The number of hydrogen-bond donors (Lipinski definition) is 1. The first-order chi connectivity index (χ1) is 12.2. The molecule has 0 aromatic rings. The molecule has 0 fully saturated rings. The van der Waals surface area contributed by atoms with Crippen LogP contribution in [0.4, 0.5) is 0 Å². The van der Waals surface area contributed by atoms with Crippen LogP contribution in [0.5, 0.6) is 0 Å². The minimum atomic E-state index is -0.488. The number of aliphatic hydroxyl groups is 1. The van der Waals surface area contributed by atoms with Gasteiger partial charge >= 0.3 is 5.97 Å². The number of alkyl halides is 1. The summed E-state index contributed by atoms with van der Waals surface area (Å²) in [4.78, 5) is 11.4. The Hall–Kier alpha value is -0.540. The minimum absolute atomic E-state index is 0.0992. The van der Waals surface area contributed by atoms with Gasteiger partial charge in [-0.15, -0.1) is 11.6 Å². The predicted molar refractivity (Wildman–Crippen MR) is 107 cm³/mol. The number of allylic oxidation sites excluding steroid dienone is 2. The van der Waals surface area contributed by atoms with Crippen molar-refractivity contribution in [3.05, 3.63) is 12.2 Å². The molecular weight excluding hydrogens is 336 g/mol. The van der Waals surface area contributed by atoms with Gasteiger partial charge in [-0.2, -0.15) is 0 Å². The molecule has 0 heterocycles. The van der Waals surface area contributed by atoms with E-state index in [0.29, 0.717) is 6.42 Å². The lowest BCUT2D eigenvalue weighted by Gasteiger charge is -2.07. The van der Waals surface area contributed by atoms with Crippen molar-refractivity contribution < 1.29 is 14.6 Å². The summed E-state index contributed by atoms with van der Waals surface area (Å²) in [5.74, 6) is -0.211. The lowest BCUT2D eigenvalue weighted by Crippen LogP contribution is -2.16. The molecule has 0 aromatic carbocycles. The Balaban J connectivity index is 3.22. The lowest BCUT2D eigenvalue weighted by atomic mass is 10.1. The Bertz CT molecular complexity index is 318. The van der Waals surface area contributed by atoms with Crippen molar-refractivity contribution >= 4 is 17.6 Å². The van der Waals surface area contributed by atoms with E-state index in [1.54, 1.807) is 0 Å². The van der Waals surface area contributed by atoms with Gasteiger partial charge < -0.3 is 9.84 Å². The second kappa shape index (κ2) is 19.8. The van der Waals surface area contributed by atoms with Gasteiger partial charge in [-0.3, -0.25) is 4.79 Å². The maximum absolute atomic E-state index is 11.4. The fraction of sp³-hybridized carbons (Fsp3) is 0.857. The molecule has 4 heteroatoms. The van der Waals surface area contributed by atoms with Gasteiger partial charge in [0.05, 0.1) is 12.0 Å². The van der Waals surface area contributed by atoms with E-state index in [9.17, 15) is 4.79 Å². The number of carbonyl (C=O) groups is 1. The monoisotopic (exact) mass is 374 g/mol. The quantitative estimate of drug-likeness (QED) is 0.135. The summed E-state index contributed by atoms with van der Waals surface area (Å²) in [7, 11) is 0. The molecule has 25 heavy (non-hydrogen) atoms. The summed E-state index contributed by atoms with van der Waals surface area (Å²) < 4.78 is 4.97. The van der Waals surface area contributed by atoms with Gasteiger partial charge in [0.2, 0.25) is 0 Å². The first-order valence-electron chi connectivity index (χ1n) is 10.3. The molecule has 1 atom stereocenters. The van der Waals surface area contributed by atoms with E-state index in [4.69, 9.17) is 21.4 Å². The number of halogens is 1. The molecule has 0 spiro atoms. The molecule has 3 nitrogen and oxygen atoms in total. The van der Waals surface area contributed by atoms with Crippen molar-refractivity contribution in [1.29, 1.82) is 0 Å². The van der Waals surface area contributed by atoms with Crippen molar-refractivity contribution in [2.24, 2.45) is 0 Å². The third-order valence-corrected chi connectivity index (χ3v) is 4.53. The average molecular weight is 375 g/mol. The predicted octanol–water partition coefficient (Wildman–Crippen LogP) is 6.17. The second-order valence-electron chi connectivity index (χ2n) is 6.80. The molecule has 0 unspecified atom stereocenters. The number of aliphatic hydroxyl groups excluding tert-OH is 1. The van der Waals surface area contributed by atoms with Crippen LogP contribution in [0.3, 0.4) is 0 Å². The summed E-state index contributed by atoms with van der Waals surface area (Å²) in [6.07, 6.45) is 21.3. The van der Waals surface area contributed by atoms with E-state index in [2.05, 4.69) is 19.1 Å². The van der Waals surface area contributed by atoms with Crippen LogP contribution >= 0.6 is 11.6 Å². The van der Waals surface area contributed by atoms with Crippen LogP contribution in [0.1, 0.15) is 96.8 Å². The fourth-order valence-corrected chi connectivity index (χ4v) is 2.71. The molecule has 0 aromatic heterocycles. The van der Waals surface area contributed by atoms with Gasteiger partial charge in [-0.1, -0.05) is 70.4 Å². The van der Waals surface area contributed by atoms with Crippen LogP contribution in [-0.2, 0) is 9.53 Å². The molecule has 0 radical (unpaired) electrons. The first-order valence-corrected chi connectivity index (χ1v) is 10.7. The standard InChI is InChI=1S/C21H39ClO3/c1-2-3-4-5-6-7-8-9-10-11-12-13-14-15-16-17-21(24)25-19-20(22)18-23/h9-10,20,23H,2-8,11-19H2,1H3/b10-9+/t20-/m1/s1. The van der Waals surface area contributed by atoms with Crippen LogP contribution in [0.2, 0.25) is 0 Å². The molecule has 0 bridgehead atoms. The first kappa shape index (κ1) is 24.5. The number of carbonyl (C=O) groups excluding carboxylic acids is 1. The van der Waals surface area contributed by atoms with Gasteiger partial charge in [-0.05, 0) is 32.1 Å². The molecule has 0 aliphatic rings. The number of ether oxygens (including phenoxy) is 1. The Morgan fingerprint density at radius 2 is 1.44 bits per heavy atom. The van der Waals surface area contributed by atoms with Crippen LogP contribution in [0, 0.1) is 0 Å². The highest BCUT2D eigenvalue weighted by atomic mass is 35.5. The molecular formula is C21H39ClO3. The highest BCUT2D eigenvalue weighted by Gasteiger charge is 2.07. The minimum Gasteiger partial charge on any atom is -0.464 e. The van der Waals surface area contributed by atoms with E-state index in [1.807, 2.05) is 0 Å². The highest BCUT2D eigenvalue weighted by molar-refractivity contribution is 6.20. The van der Waals surface area contributed by atoms with Crippen LogP contribution < -0.4 is 0 Å². The number of esters is 1. The van der Waals surface area contributed by atoms with Crippen molar-refractivity contribution in [1.82, 2.24) is 0 Å². The van der Waals surface area contributed by atoms with E-state index >= 15 is 0 Å². The van der Waals surface area contributed by atoms with Crippen LogP contribution in [0.15, 0.2) is 12.2 Å². The molecule has 0 amide bonds. The largest absolute Gasteiger partial charge is 0.464 e. The van der Waals surface area contributed by atoms with Gasteiger partial charge in [-0.25, -0.2) is 0 Å². The zero-order chi connectivity index (χ0) is 18.6. The third kappa shape index (κ3) is 19.6. The van der Waals surface area contributed by atoms with Crippen LogP contribution in [-0.4, -0.2) is 29.7 Å². The smallest absolute Gasteiger partial charge is 0.305 e. The molecule has 0 rings (SSSR count). The van der Waals surface area contributed by atoms with Crippen molar-refractivity contribution in [3.8, 4) is 0 Å². The van der Waals surface area contributed by atoms with Gasteiger partial charge in [0.1, 0.15) is 6.61 Å². The van der Waals surface area contributed by atoms with Gasteiger partial charge in [0.15, 0.2) is 0 Å². The molecule has 0 saturated heterocycles. The topological polar surface area (TPSA) is 46.5 Å². The molecule has 0 saturated carbocycles. The second-order valence-corrected chi connectivity index (χ2v) is 7.41. The Kier molecular flexibility index (Phi) is 19.4. The fourth-order valence-electron chi connectivity index (χ4n) is 2.65. The lowest BCUT2D eigenvalue weighted by molar-refractivity contribution is -0.143. The Morgan fingerprint density at radius 3 is 2.00 bits per heavy atom. The maximum Gasteiger partial charge on any atom is 0.305 e. The Morgan fingerprint density at radius 1 is 0.920 bits per heavy atom. The number of rotatable bonds is 18. The Labute approximate surface area is 160 Å². The SMILES string of the molecule is CCCCCCCC/C=C/CCCCCCCC(=O)OC[C@H](Cl)CO. The van der Waals surface area contributed by atoms with Gasteiger partial charge in [0.25, 0.3) is 0 Å². The summed E-state index contributed by atoms with van der Waals surface area (Å²) in [5, 5.41) is 8.25. The molecule has 0 aliphatic heterocycles. The summed E-state index contributed by atoms with van der Waals surface area (Å²) in [6, 6.07) is 0. The van der Waals surface area contributed by atoms with E-state index in [-0.39, 0.29) is 19.2 Å². The third-order valence-electron chi connectivity index (χ3n) is 4.27. The summed E-state index contributed by atoms with van der Waals surface area (Å²) in [6.45, 7) is 2.19. The van der Waals surface area contributed by atoms with Gasteiger partial charge in [0, 0.05) is 6.42 Å². The summed E-state index contributed by atoms with van der Waals surface area (Å²) in [5.41, 5.74) is 0. The van der Waals surface area contributed by atoms with Crippen LogP contribution in [0.25, 0.3) is 0 Å². The number of unbranched alkanes of at least 4 members (excludes halogenated alkanes) is 11. The zero-order valence-corrected chi connectivity index (χ0v) is 16.9. The average Bonchev–Trinajstić information content (AvgIpc) is 2.62. The molecule has 148 valence electrons. The van der Waals surface area contributed by atoms with E-state index < -0.39 is 5.38 Å². The maximum atomic E-state index is 11.4. The summed E-state index contributed by atoms with van der Waals surface area (Å²) >= 11 is 5.67. The van der Waals surface area contributed by atoms with E-state index in [0.717, 1.165) is 12.8 Å². The highest BCUT2D eigenvalue weighted by Crippen LogP contribution is 2.10. The normalized spacial score (nSPS) is 12.6. The molecule has 1 N–H and O–H groups in total. The van der Waals surface area contributed by atoms with Crippen molar-refractivity contribution in [3.63, 3.8) is 0 Å². The number of hydrogen-bond acceptors (Lipinski definition) is 3. The zero-order valence-electron chi connectivity index (χ0n) is 16.2. The van der Waals surface area contributed by atoms with Crippen molar-refractivity contribution in [2.75, 3.05) is 13.2 Å². The van der Waals surface area contributed by atoms with Crippen molar-refractivity contribution in [2.45, 2.75) is 102 Å². The van der Waals surface area contributed by atoms with E-state index in [1.165, 1.54) is 70.6 Å².